The zero-order valence-corrected chi connectivity index (χ0v) is 19.0. The largest absolute Gasteiger partial charge is 0.289 e. The molecule has 0 unspecified atom stereocenters. The van der Waals surface area contributed by atoms with Crippen LogP contribution >= 0.6 is 0 Å². The molecule has 0 aromatic rings. The van der Waals surface area contributed by atoms with E-state index in [2.05, 4.69) is 31.2 Å². The molecule has 162 valence electrons. The van der Waals surface area contributed by atoms with Crippen molar-refractivity contribution < 1.29 is 4.79 Å². The molecule has 0 saturated carbocycles. The maximum Gasteiger partial charge on any atom is 0.234 e. The standard InChI is InChI=1S/C24H50N2O/c1-4-7-8-9-10-11-12-13-14-15-16-17-18-19-20-21-24(27)25-26(22-5-2)23-6-3/h4-23H2,1-3H3,(H,25,27). The highest BCUT2D eigenvalue weighted by Gasteiger charge is 2.07. The molecule has 3 nitrogen and oxygen atoms in total. The second kappa shape index (κ2) is 21.7. The van der Waals surface area contributed by atoms with Gasteiger partial charge in [-0.15, -0.1) is 0 Å². The Bertz CT molecular complexity index is 301. The zero-order valence-electron chi connectivity index (χ0n) is 19.0. The number of hydrogen-bond acceptors (Lipinski definition) is 2. The van der Waals surface area contributed by atoms with E-state index in [9.17, 15) is 4.79 Å². The average molecular weight is 383 g/mol. The number of carbonyl (C=O) groups excluding carboxylic acids is 1. The summed E-state index contributed by atoms with van der Waals surface area (Å²) in [6.45, 7) is 8.51. The topological polar surface area (TPSA) is 32.3 Å². The Hall–Kier alpha value is -0.570. The lowest BCUT2D eigenvalue weighted by molar-refractivity contribution is -0.126. The number of amides is 1. The first-order valence-electron chi connectivity index (χ1n) is 12.3. The van der Waals surface area contributed by atoms with Gasteiger partial charge in [-0.25, -0.2) is 5.01 Å². The predicted molar refractivity (Wildman–Crippen MR) is 120 cm³/mol. The Balaban J connectivity index is 3.29. The molecule has 0 radical (unpaired) electrons. The molecule has 0 atom stereocenters. The van der Waals surface area contributed by atoms with E-state index in [4.69, 9.17) is 0 Å². The van der Waals surface area contributed by atoms with Crippen molar-refractivity contribution in [1.82, 2.24) is 10.4 Å². The molecule has 0 aromatic carbocycles. The van der Waals surface area contributed by atoms with E-state index in [1.807, 2.05) is 0 Å². The Morgan fingerprint density at radius 3 is 1.30 bits per heavy atom. The quantitative estimate of drug-likeness (QED) is 0.166. The molecule has 3 heteroatoms. The molecule has 0 saturated heterocycles. The minimum atomic E-state index is 0.201. The van der Waals surface area contributed by atoms with Gasteiger partial charge in [-0.2, -0.15) is 0 Å². The number of unbranched alkanes of at least 4 members (excludes halogenated alkanes) is 14. The van der Waals surface area contributed by atoms with Gasteiger partial charge in [0.05, 0.1) is 0 Å². The number of hydrogen-bond donors (Lipinski definition) is 1. The van der Waals surface area contributed by atoms with Gasteiger partial charge < -0.3 is 0 Å². The summed E-state index contributed by atoms with van der Waals surface area (Å²) in [5.74, 6) is 0.201. The van der Waals surface area contributed by atoms with Gasteiger partial charge >= 0.3 is 0 Å². The highest BCUT2D eigenvalue weighted by atomic mass is 16.2. The van der Waals surface area contributed by atoms with Crippen LogP contribution in [-0.2, 0) is 4.79 Å². The van der Waals surface area contributed by atoms with Crippen molar-refractivity contribution >= 4 is 5.91 Å². The summed E-state index contributed by atoms with van der Waals surface area (Å²) in [5, 5.41) is 2.08. The van der Waals surface area contributed by atoms with E-state index >= 15 is 0 Å². The van der Waals surface area contributed by atoms with Crippen molar-refractivity contribution in [3.63, 3.8) is 0 Å². The molecule has 0 aromatic heterocycles. The molecule has 27 heavy (non-hydrogen) atoms. The maximum absolute atomic E-state index is 12.0. The molecule has 0 fully saturated rings. The van der Waals surface area contributed by atoms with Crippen LogP contribution in [0.2, 0.25) is 0 Å². The van der Waals surface area contributed by atoms with E-state index in [1.165, 1.54) is 89.9 Å². The average Bonchev–Trinajstić information content (AvgIpc) is 2.65. The maximum atomic E-state index is 12.0. The summed E-state index contributed by atoms with van der Waals surface area (Å²) in [6, 6.07) is 0. The molecule has 1 amide bonds. The fraction of sp³-hybridized carbons (Fsp3) is 0.958. The summed E-state index contributed by atoms with van der Waals surface area (Å²) in [4.78, 5) is 12.0. The number of nitrogens with zero attached hydrogens (tertiary/aromatic N) is 1. The molecule has 1 N–H and O–H groups in total. The highest BCUT2D eigenvalue weighted by molar-refractivity contribution is 5.75. The second-order valence-electron chi connectivity index (χ2n) is 8.22. The molecule has 0 spiro atoms. The van der Waals surface area contributed by atoms with Gasteiger partial charge in [0.2, 0.25) is 5.91 Å². The van der Waals surface area contributed by atoms with Gasteiger partial charge in [0.15, 0.2) is 0 Å². The van der Waals surface area contributed by atoms with Crippen LogP contribution in [0.1, 0.15) is 136 Å². The minimum absolute atomic E-state index is 0.201. The van der Waals surface area contributed by atoms with Crippen molar-refractivity contribution in [2.45, 2.75) is 136 Å². The summed E-state index contributed by atoms with van der Waals surface area (Å²) >= 11 is 0. The molecule has 0 bridgehead atoms. The van der Waals surface area contributed by atoms with Crippen molar-refractivity contribution in [2.24, 2.45) is 0 Å². The zero-order chi connectivity index (χ0) is 20.0. The van der Waals surface area contributed by atoms with Crippen LogP contribution in [-0.4, -0.2) is 24.0 Å². The van der Waals surface area contributed by atoms with Gasteiger partial charge in [0.25, 0.3) is 0 Å². The van der Waals surface area contributed by atoms with Crippen LogP contribution in [0.15, 0.2) is 0 Å². The molecule has 0 rings (SSSR count). The minimum Gasteiger partial charge on any atom is -0.289 e. The second-order valence-corrected chi connectivity index (χ2v) is 8.22. The van der Waals surface area contributed by atoms with Gasteiger partial charge in [-0.05, 0) is 19.3 Å². The van der Waals surface area contributed by atoms with Gasteiger partial charge in [-0.3, -0.25) is 10.2 Å². The van der Waals surface area contributed by atoms with Crippen LogP contribution < -0.4 is 5.43 Å². The first-order chi connectivity index (χ1) is 13.2. The fourth-order valence-electron chi connectivity index (χ4n) is 3.65. The van der Waals surface area contributed by atoms with Crippen molar-refractivity contribution in [3.8, 4) is 0 Å². The summed E-state index contributed by atoms with van der Waals surface area (Å²) in [6.07, 6.45) is 23.3. The third-order valence-electron chi connectivity index (χ3n) is 5.28. The normalized spacial score (nSPS) is 11.3. The van der Waals surface area contributed by atoms with E-state index in [0.29, 0.717) is 6.42 Å². The molecular weight excluding hydrogens is 332 g/mol. The smallest absolute Gasteiger partial charge is 0.234 e. The number of hydrazine groups is 1. The fourth-order valence-corrected chi connectivity index (χ4v) is 3.65. The lowest BCUT2D eigenvalue weighted by Crippen LogP contribution is -2.42. The van der Waals surface area contributed by atoms with Crippen LogP contribution in [0.25, 0.3) is 0 Å². The van der Waals surface area contributed by atoms with E-state index in [0.717, 1.165) is 32.4 Å². The van der Waals surface area contributed by atoms with Gasteiger partial charge in [0, 0.05) is 19.5 Å². The van der Waals surface area contributed by atoms with Crippen molar-refractivity contribution in [3.05, 3.63) is 0 Å². The number of carbonyl (C=O) groups is 1. The number of nitrogens with one attached hydrogen (secondary N) is 1. The van der Waals surface area contributed by atoms with Crippen molar-refractivity contribution in [1.29, 1.82) is 0 Å². The van der Waals surface area contributed by atoms with E-state index < -0.39 is 0 Å². The Morgan fingerprint density at radius 2 is 0.926 bits per heavy atom. The summed E-state index contributed by atoms with van der Waals surface area (Å²) in [7, 11) is 0. The van der Waals surface area contributed by atoms with Crippen LogP contribution in [0.3, 0.4) is 0 Å². The predicted octanol–water partition coefficient (Wildman–Crippen LogP) is 7.40. The molecule has 0 aliphatic rings. The molecular formula is C24H50N2O. The van der Waals surface area contributed by atoms with E-state index in [1.54, 1.807) is 0 Å². The molecule has 0 heterocycles. The highest BCUT2D eigenvalue weighted by Crippen LogP contribution is 2.13. The first kappa shape index (κ1) is 26.4. The Kier molecular flexibility index (Phi) is 21.3. The monoisotopic (exact) mass is 382 g/mol. The van der Waals surface area contributed by atoms with E-state index in [-0.39, 0.29) is 5.91 Å². The molecule has 0 aliphatic heterocycles. The molecule has 0 aliphatic carbocycles. The van der Waals surface area contributed by atoms with Gasteiger partial charge in [0.1, 0.15) is 0 Å². The lowest BCUT2D eigenvalue weighted by atomic mass is 10.0. The third-order valence-corrected chi connectivity index (χ3v) is 5.28. The number of rotatable bonds is 21. The first-order valence-corrected chi connectivity index (χ1v) is 12.3. The van der Waals surface area contributed by atoms with Gasteiger partial charge in [-0.1, -0.05) is 111 Å². The summed E-state index contributed by atoms with van der Waals surface area (Å²) < 4.78 is 0. The van der Waals surface area contributed by atoms with Crippen LogP contribution in [0.5, 0.6) is 0 Å². The third kappa shape index (κ3) is 20.0. The Morgan fingerprint density at radius 1 is 0.556 bits per heavy atom. The SMILES string of the molecule is CCCCCCCCCCCCCCCCCC(=O)NN(CCC)CCC. The Labute approximate surface area is 171 Å². The van der Waals surface area contributed by atoms with Crippen molar-refractivity contribution in [2.75, 3.05) is 13.1 Å². The van der Waals surface area contributed by atoms with Crippen LogP contribution in [0.4, 0.5) is 0 Å². The summed E-state index contributed by atoms with van der Waals surface area (Å²) in [5.41, 5.74) is 3.06. The lowest BCUT2D eigenvalue weighted by Gasteiger charge is -2.21. The van der Waals surface area contributed by atoms with Crippen LogP contribution in [0, 0.1) is 0 Å².